The highest BCUT2D eigenvalue weighted by atomic mass is 14.1. The summed E-state index contributed by atoms with van der Waals surface area (Å²) in [4.78, 5) is 0. The van der Waals surface area contributed by atoms with Gasteiger partial charge in [-0.3, -0.25) is 0 Å². The third-order valence-corrected chi connectivity index (χ3v) is 4.51. The molecule has 0 bridgehead atoms. The van der Waals surface area contributed by atoms with Crippen molar-refractivity contribution in [3.05, 3.63) is 22.3 Å². The van der Waals surface area contributed by atoms with Crippen molar-refractivity contribution in [3.63, 3.8) is 0 Å². The molecule has 0 spiro atoms. The zero-order chi connectivity index (χ0) is 18.0. The van der Waals surface area contributed by atoms with Crippen LogP contribution in [0.15, 0.2) is 22.3 Å². The average Bonchev–Trinajstić information content (AvgIpc) is 2.35. The van der Waals surface area contributed by atoms with Crippen molar-refractivity contribution in [2.75, 3.05) is 0 Å². The first-order valence-corrected chi connectivity index (χ1v) is 9.22. The second-order valence-electron chi connectivity index (χ2n) is 8.43. The highest BCUT2D eigenvalue weighted by Gasteiger charge is 2.04. The Balaban J connectivity index is -0.000000333. The quantitative estimate of drug-likeness (QED) is 0.428. The van der Waals surface area contributed by atoms with Gasteiger partial charge >= 0.3 is 0 Å². The van der Waals surface area contributed by atoms with Crippen LogP contribution in [0.3, 0.4) is 0 Å². The van der Waals surface area contributed by atoms with Crippen molar-refractivity contribution < 1.29 is 0 Å². The van der Waals surface area contributed by atoms with Crippen molar-refractivity contribution in [3.8, 4) is 0 Å². The van der Waals surface area contributed by atoms with Crippen LogP contribution in [0.5, 0.6) is 0 Å². The largest absolute Gasteiger partial charge is 0.0776 e. The minimum Gasteiger partial charge on any atom is -0.0776 e. The van der Waals surface area contributed by atoms with Crippen molar-refractivity contribution in [2.45, 2.75) is 103 Å². The van der Waals surface area contributed by atoms with E-state index in [9.17, 15) is 0 Å². The first-order chi connectivity index (χ1) is 9.89. The van der Waals surface area contributed by atoms with E-state index in [0.717, 1.165) is 11.8 Å². The van der Waals surface area contributed by atoms with Gasteiger partial charge < -0.3 is 0 Å². The van der Waals surface area contributed by atoms with Gasteiger partial charge in [0.15, 0.2) is 0 Å². The average molecular weight is 325 g/mol. The number of hydrogen-bond acceptors (Lipinski definition) is 0. The molecule has 0 saturated heterocycles. The normalized spacial score (nSPS) is 13.6. The SMILES string of the molecule is C.CC(CC(C)C)=C(C)C(C)C.CC(CC(C)C)=C(C)C(C)C. The third kappa shape index (κ3) is 14.8. The molecule has 0 fully saturated rings. The minimum atomic E-state index is 0. The van der Waals surface area contributed by atoms with Crippen LogP contribution in [0.4, 0.5) is 0 Å². The lowest BCUT2D eigenvalue weighted by Gasteiger charge is -2.12. The Hall–Kier alpha value is -0.520. The predicted molar refractivity (Wildman–Crippen MR) is 112 cm³/mol. The fourth-order valence-electron chi connectivity index (χ4n) is 2.53. The maximum Gasteiger partial charge on any atom is -0.0260 e. The van der Waals surface area contributed by atoms with Gasteiger partial charge in [0.2, 0.25) is 0 Å². The van der Waals surface area contributed by atoms with Crippen LogP contribution in [0.2, 0.25) is 0 Å². The lowest BCUT2D eigenvalue weighted by molar-refractivity contribution is 0.625. The molecule has 0 nitrogen and oxygen atoms in total. The minimum absolute atomic E-state index is 0. The summed E-state index contributed by atoms with van der Waals surface area (Å²) in [6, 6.07) is 0. The van der Waals surface area contributed by atoms with E-state index in [0.29, 0.717) is 11.8 Å². The molecule has 0 aromatic rings. The summed E-state index contributed by atoms with van der Waals surface area (Å²) in [5.41, 5.74) is 6.29. The molecule has 0 aliphatic rings. The van der Waals surface area contributed by atoms with Gasteiger partial charge in [0.05, 0.1) is 0 Å². The summed E-state index contributed by atoms with van der Waals surface area (Å²) in [5, 5.41) is 0. The van der Waals surface area contributed by atoms with Gasteiger partial charge in [0, 0.05) is 0 Å². The molecule has 0 radical (unpaired) electrons. The van der Waals surface area contributed by atoms with Gasteiger partial charge in [-0.1, -0.05) is 85.1 Å². The van der Waals surface area contributed by atoms with Gasteiger partial charge in [0.1, 0.15) is 0 Å². The molecule has 0 aromatic heterocycles. The van der Waals surface area contributed by atoms with E-state index in [4.69, 9.17) is 0 Å². The van der Waals surface area contributed by atoms with Gasteiger partial charge in [-0.15, -0.1) is 0 Å². The monoisotopic (exact) mass is 324 g/mol. The maximum atomic E-state index is 2.27. The standard InChI is InChI=1S/2C11H22.CH4/c2*1-8(2)7-10(5)11(6)9(3)4;/h2*8-9H,7H2,1-6H3;1H4. The van der Waals surface area contributed by atoms with Crippen LogP contribution in [0, 0.1) is 23.7 Å². The highest BCUT2D eigenvalue weighted by molar-refractivity contribution is 5.12. The van der Waals surface area contributed by atoms with Gasteiger partial charge in [0.25, 0.3) is 0 Å². The molecule has 23 heavy (non-hydrogen) atoms. The third-order valence-electron chi connectivity index (χ3n) is 4.51. The fraction of sp³-hybridized carbons (Fsp3) is 0.826. The number of rotatable bonds is 6. The molecule has 0 amide bonds. The van der Waals surface area contributed by atoms with Gasteiger partial charge in [-0.2, -0.15) is 0 Å². The van der Waals surface area contributed by atoms with E-state index < -0.39 is 0 Å². The van der Waals surface area contributed by atoms with Crippen molar-refractivity contribution in [2.24, 2.45) is 23.7 Å². The van der Waals surface area contributed by atoms with E-state index in [-0.39, 0.29) is 7.43 Å². The Morgan fingerprint density at radius 3 is 0.870 bits per heavy atom. The molecule has 0 atom stereocenters. The van der Waals surface area contributed by atoms with Crippen LogP contribution in [-0.4, -0.2) is 0 Å². The van der Waals surface area contributed by atoms with E-state index in [1.54, 1.807) is 22.3 Å². The summed E-state index contributed by atoms with van der Waals surface area (Å²) in [6.45, 7) is 27.2. The van der Waals surface area contributed by atoms with Crippen LogP contribution < -0.4 is 0 Å². The summed E-state index contributed by atoms with van der Waals surface area (Å²) in [6.07, 6.45) is 2.51. The molecular weight excluding hydrogens is 276 g/mol. The Morgan fingerprint density at radius 1 is 0.522 bits per heavy atom. The van der Waals surface area contributed by atoms with E-state index >= 15 is 0 Å². The van der Waals surface area contributed by atoms with Crippen molar-refractivity contribution in [1.82, 2.24) is 0 Å². The molecule has 0 heterocycles. The number of allylic oxidation sites excluding steroid dienone is 4. The lowest BCUT2D eigenvalue weighted by atomic mass is 9.94. The first-order valence-electron chi connectivity index (χ1n) is 9.22. The molecule has 140 valence electrons. The van der Waals surface area contributed by atoms with Crippen molar-refractivity contribution >= 4 is 0 Å². The zero-order valence-corrected chi connectivity index (χ0v) is 17.7. The lowest BCUT2D eigenvalue weighted by Crippen LogP contribution is -1.96. The topological polar surface area (TPSA) is 0 Å². The summed E-state index contributed by atoms with van der Waals surface area (Å²) < 4.78 is 0. The molecular formula is C23H48. The molecule has 0 saturated carbocycles. The van der Waals surface area contributed by atoms with Gasteiger partial charge in [-0.05, 0) is 64.2 Å². The molecule has 0 N–H and O–H groups in total. The maximum absolute atomic E-state index is 2.27. The predicted octanol–water partition coefficient (Wildman–Crippen LogP) is 8.69. The van der Waals surface area contributed by atoms with E-state index in [1.807, 2.05) is 0 Å². The smallest absolute Gasteiger partial charge is 0.0260 e. The molecule has 0 aliphatic heterocycles. The Bertz CT molecular complexity index is 312. The highest BCUT2D eigenvalue weighted by Crippen LogP contribution is 2.20. The van der Waals surface area contributed by atoms with Crippen LogP contribution in [-0.2, 0) is 0 Å². The van der Waals surface area contributed by atoms with Crippen LogP contribution >= 0.6 is 0 Å². The Morgan fingerprint density at radius 2 is 0.739 bits per heavy atom. The summed E-state index contributed by atoms with van der Waals surface area (Å²) in [5.74, 6) is 3.02. The molecule has 0 rings (SSSR count). The first kappa shape index (κ1) is 27.3. The van der Waals surface area contributed by atoms with Crippen LogP contribution in [0.25, 0.3) is 0 Å². The molecule has 0 unspecified atom stereocenters. The molecule has 0 aliphatic carbocycles. The second-order valence-corrected chi connectivity index (χ2v) is 8.43. The Labute approximate surface area is 149 Å². The zero-order valence-electron chi connectivity index (χ0n) is 17.7. The van der Waals surface area contributed by atoms with E-state index in [2.05, 4.69) is 83.1 Å². The van der Waals surface area contributed by atoms with Crippen LogP contribution in [0.1, 0.15) is 103 Å². The Kier molecular flexibility index (Phi) is 16.5. The fourth-order valence-corrected chi connectivity index (χ4v) is 2.53. The molecule has 0 heteroatoms. The van der Waals surface area contributed by atoms with E-state index in [1.165, 1.54) is 12.8 Å². The molecule has 0 aromatic carbocycles. The van der Waals surface area contributed by atoms with Crippen molar-refractivity contribution in [1.29, 1.82) is 0 Å². The van der Waals surface area contributed by atoms with Gasteiger partial charge in [-0.25, -0.2) is 0 Å². The number of hydrogen-bond donors (Lipinski definition) is 0. The summed E-state index contributed by atoms with van der Waals surface area (Å²) >= 11 is 0. The summed E-state index contributed by atoms with van der Waals surface area (Å²) in [7, 11) is 0. The second kappa shape index (κ2) is 13.9.